The highest BCUT2D eigenvalue weighted by Gasteiger charge is 2.38. The third kappa shape index (κ3) is 3.09. The van der Waals surface area contributed by atoms with Gasteiger partial charge in [-0.1, -0.05) is 25.4 Å². The maximum Gasteiger partial charge on any atom is 0.341 e. The van der Waals surface area contributed by atoms with E-state index in [1.54, 1.807) is 0 Å². The Kier molecular flexibility index (Phi) is 4.49. The summed E-state index contributed by atoms with van der Waals surface area (Å²) >= 11 is 6.37. The number of aromatic nitrogens is 2. The van der Waals surface area contributed by atoms with Gasteiger partial charge in [0.05, 0.1) is 18.0 Å². The smallest absolute Gasteiger partial charge is 0.341 e. The lowest BCUT2D eigenvalue weighted by Crippen LogP contribution is -2.43. The van der Waals surface area contributed by atoms with Crippen molar-refractivity contribution in [2.24, 2.45) is 11.8 Å². The van der Waals surface area contributed by atoms with E-state index < -0.39 is 16.9 Å². The summed E-state index contributed by atoms with van der Waals surface area (Å²) in [6, 6.07) is 3.28. The average Bonchev–Trinajstić information content (AvgIpc) is 3.44. The molecule has 1 atom stereocenters. The van der Waals surface area contributed by atoms with Crippen LogP contribution in [0.3, 0.4) is 0 Å². The van der Waals surface area contributed by atoms with Crippen LogP contribution in [0, 0.1) is 11.8 Å². The van der Waals surface area contributed by atoms with Crippen LogP contribution in [0.1, 0.15) is 49.5 Å². The van der Waals surface area contributed by atoms with E-state index in [4.69, 9.17) is 16.3 Å². The number of carboxylic acid groups (broad SMARTS) is 1. The molecule has 1 aliphatic heterocycles. The molecular weight excluding hydrogens is 380 g/mol. The molecule has 148 valence electrons. The molecule has 2 aromatic rings. The number of nitrogens with zero attached hydrogens (tertiary/aromatic N) is 2. The molecule has 0 aromatic carbocycles. The van der Waals surface area contributed by atoms with Gasteiger partial charge in [-0.15, -0.1) is 0 Å². The van der Waals surface area contributed by atoms with Crippen molar-refractivity contribution in [2.75, 3.05) is 6.61 Å². The first kappa shape index (κ1) is 19.0. The number of aromatic carboxylic acids is 1. The molecule has 28 heavy (non-hydrogen) atoms. The number of carbonyl (C=O) groups is 1. The first-order valence-electron chi connectivity index (χ1n) is 9.53. The van der Waals surface area contributed by atoms with E-state index in [0.717, 1.165) is 5.56 Å². The van der Waals surface area contributed by atoms with E-state index in [0.29, 0.717) is 36.1 Å². The fourth-order valence-corrected chi connectivity index (χ4v) is 3.91. The summed E-state index contributed by atoms with van der Waals surface area (Å²) in [5.74, 6) is 0.125. The Balaban J connectivity index is 1.88. The molecular formula is C21H23ClN2O4. The molecule has 4 rings (SSSR count). The topological polar surface area (TPSA) is 81.4 Å². The Morgan fingerprint density at radius 2 is 2.14 bits per heavy atom. The van der Waals surface area contributed by atoms with Crippen molar-refractivity contribution in [3.8, 4) is 17.1 Å². The van der Waals surface area contributed by atoms with Crippen molar-refractivity contribution in [3.63, 3.8) is 0 Å². The predicted octanol–water partition coefficient (Wildman–Crippen LogP) is 3.98. The fraction of sp³-hybridized carbons (Fsp3) is 0.476. The lowest BCUT2D eigenvalue weighted by atomic mass is 9.78. The van der Waals surface area contributed by atoms with Gasteiger partial charge >= 0.3 is 5.97 Å². The summed E-state index contributed by atoms with van der Waals surface area (Å²) in [6.07, 6.45) is 4.45. The van der Waals surface area contributed by atoms with Crippen molar-refractivity contribution >= 4 is 17.6 Å². The third-order valence-corrected chi connectivity index (χ3v) is 6.33. The zero-order chi connectivity index (χ0) is 20.2. The number of hydrogen-bond acceptors (Lipinski definition) is 4. The van der Waals surface area contributed by atoms with E-state index in [1.807, 2.05) is 10.6 Å². The minimum Gasteiger partial charge on any atom is -0.490 e. The van der Waals surface area contributed by atoms with Gasteiger partial charge in [-0.2, -0.15) is 0 Å². The van der Waals surface area contributed by atoms with E-state index in [2.05, 4.69) is 25.8 Å². The lowest BCUT2D eigenvalue weighted by molar-refractivity contribution is 0.0693. The van der Waals surface area contributed by atoms with E-state index in [9.17, 15) is 14.7 Å². The molecule has 1 fully saturated rings. The number of halogens is 1. The quantitative estimate of drug-likeness (QED) is 0.765. The van der Waals surface area contributed by atoms with Crippen LogP contribution in [0.4, 0.5) is 0 Å². The molecule has 1 saturated carbocycles. The van der Waals surface area contributed by atoms with Gasteiger partial charge in [-0.25, -0.2) is 9.78 Å². The molecule has 0 bridgehead atoms. The Bertz CT molecular complexity index is 1030. The van der Waals surface area contributed by atoms with Crippen molar-refractivity contribution in [1.29, 1.82) is 0 Å². The summed E-state index contributed by atoms with van der Waals surface area (Å²) in [7, 11) is 0. The molecule has 2 aromatic heterocycles. The van der Waals surface area contributed by atoms with Crippen LogP contribution in [0.5, 0.6) is 5.75 Å². The third-order valence-electron chi connectivity index (χ3n) is 6.06. The molecule has 3 heterocycles. The minimum absolute atomic E-state index is 0.190. The first-order valence-corrected chi connectivity index (χ1v) is 9.91. The molecule has 7 heteroatoms. The summed E-state index contributed by atoms with van der Waals surface area (Å²) < 4.78 is 7.75. The number of fused-ring (bicyclic) bond motifs is 3. The molecule has 1 N–H and O–H groups in total. The number of carboxylic acids is 1. The molecule has 1 unspecified atom stereocenters. The summed E-state index contributed by atoms with van der Waals surface area (Å²) in [5.41, 5.74) is 0.955. The van der Waals surface area contributed by atoms with Gasteiger partial charge in [0.15, 0.2) is 16.3 Å². The SMILES string of the molecule is CC(C)C1(C)Cc2cc(OCC3CC3)c(Cl)nc2-c2cc(=O)c(C(=O)O)cn21. The number of pyridine rings is 2. The van der Waals surface area contributed by atoms with Crippen molar-refractivity contribution < 1.29 is 14.6 Å². The molecule has 0 radical (unpaired) electrons. The summed E-state index contributed by atoms with van der Waals surface area (Å²) in [5, 5.41) is 9.65. The summed E-state index contributed by atoms with van der Waals surface area (Å²) in [6.45, 7) is 6.88. The van der Waals surface area contributed by atoms with Gasteiger partial charge in [0, 0.05) is 17.8 Å². The maximum absolute atomic E-state index is 12.4. The van der Waals surface area contributed by atoms with E-state index in [1.165, 1.54) is 25.1 Å². The van der Waals surface area contributed by atoms with Gasteiger partial charge in [0.2, 0.25) is 0 Å². The first-order chi connectivity index (χ1) is 13.2. The van der Waals surface area contributed by atoms with Crippen molar-refractivity contribution in [2.45, 2.75) is 45.6 Å². The van der Waals surface area contributed by atoms with Crippen LogP contribution >= 0.6 is 11.6 Å². The van der Waals surface area contributed by atoms with Crippen LogP contribution in [-0.4, -0.2) is 27.2 Å². The number of rotatable bonds is 5. The van der Waals surface area contributed by atoms with Gasteiger partial charge in [0.1, 0.15) is 5.56 Å². The monoisotopic (exact) mass is 402 g/mol. The Hall–Kier alpha value is -2.34. The molecule has 1 aliphatic carbocycles. The van der Waals surface area contributed by atoms with Crippen LogP contribution in [0.25, 0.3) is 11.4 Å². The highest BCUT2D eigenvalue weighted by atomic mass is 35.5. The standard InChI is InChI=1S/C21H23ClN2O4/c1-11(2)21(3)8-13-6-17(28-10-12-4-5-12)19(22)23-18(13)15-7-16(25)14(20(26)27)9-24(15)21/h6-7,9,11-12H,4-5,8,10H2,1-3H3,(H,26,27). The molecule has 2 aliphatic rings. The largest absolute Gasteiger partial charge is 0.490 e. The van der Waals surface area contributed by atoms with Gasteiger partial charge in [0.25, 0.3) is 0 Å². The Morgan fingerprint density at radius 3 is 2.75 bits per heavy atom. The van der Waals surface area contributed by atoms with E-state index >= 15 is 0 Å². The van der Waals surface area contributed by atoms with Gasteiger partial charge < -0.3 is 14.4 Å². The van der Waals surface area contributed by atoms with Crippen molar-refractivity contribution in [1.82, 2.24) is 9.55 Å². The average molecular weight is 403 g/mol. The highest BCUT2D eigenvalue weighted by molar-refractivity contribution is 6.31. The molecule has 0 spiro atoms. The van der Waals surface area contributed by atoms with Gasteiger partial charge in [-0.3, -0.25) is 4.79 Å². The van der Waals surface area contributed by atoms with Crippen LogP contribution in [-0.2, 0) is 12.0 Å². The number of ether oxygens (including phenoxy) is 1. The van der Waals surface area contributed by atoms with Crippen LogP contribution in [0.2, 0.25) is 5.15 Å². The molecule has 0 saturated heterocycles. The number of hydrogen-bond donors (Lipinski definition) is 1. The lowest BCUT2D eigenvalue weighted by Gasteiger charge is -2.42. The Morgan fingerprint density at radius 1 is 1.43 bits per heavy atom. The predicted molar refractivity (Wildman–Crippen MR) is 106 cm³/mol. The Labute approximate surface area is 168 Å². The van der Waals surface area contributed by atoms with E-state index in [-0.39, 0.29) is 16.6 Å². The zero-order valence-electron chi connectivity index (χ0n) is 16.2. The van der Waals surface area contributed by atoms with Gasteiger partial charge in [-0.05, 0) is 49.7 Å². The molecule has 6 nitrogen and oxygen atoms in total. The second kappa shape index (κ2) is 6.62. The van der Waals surface area contributed by atoms with Crippen LogP contribution < -0.4 is 10.2 Å². The maximum atomic E-state index is 12.4. The minimum atomic E-state index is -1.23. The second-order valence-corrected chi connectivity index (χ2v) is 8.70. The summed E-state index contributed by atoms with van der Waals surface area (Å²) in [4.78, 5) is 28.4. The molecule has 0 amide bonds. The second-order valence-electron chi connectivity index (χ2n) is 8.34. The zero-order valence-corrected chi connectivity index (χ0v) is 16.9. The van der Waals surface area contributed by atoms with Crippen LogP contribution in [0.15, 0.2) is 23.1 Å². The highest BCUT2D eigenvalue weighted by Crippen LogP contribution is 2.43. The van der Waals surface area contributed by atoms with Crippen molar-refractivity contribution in [3.05, 3.63) is 44.8 Å². The normalized spacial score (nSPS) is 20.6. The fourth-order valence-electron chi connectivity index (χ4n) is 3.71.